The molecule has 0 radical (unpaired) electrons. The molecule has 1 aromatic carbocycles. The number of hydrogen-bond acceptors (Lipinski definition) is 8. The molecule has 184 valence electrons. The van der Waals surface area contributed by atoms with E-state index in [-0.39, 0.29) is 11.4 Å². The standard InChI is InChI=1S/C25H36O8/c1-7-29-21(27)13-8-9-14-28-16-22(3,4)25-23(5,6)17-30-24(25,32-33-25)19-11-10-12-20(15-19)31-18(2)26/h10-12,15H,7-9,13-14,16-17H2,1-6H3. The number of benzene rings is 1. The van der Waals surface area contributed by atoms with Crippen LogP contribution >= 0.6 is 0 Å². The summed E-state index contributed by atoms with van der Waals surface area (Å²) >= 11 is 0. The first-order chi connectivity index (χ1) is 15.5. The van der Waals surface area contributed by atoms with Gasteiger partial charge in [0.25, 0.3) is 5.79 Å². The van der Waals surface area contributed by atoms with Crippen LogP contribution < -0.4 is 4.74 Å². The van der Waals surface area contributed by atoms with E-state index in [0.717, 1.165) is 12.0 Å². The summed E-state index contributed by atoms with van der Waals surface area (Å²) in [7, 11) is 0. The van der Waals surface area contributed by atoms with Crippen molar-refractivity contribution in [1.29, 1.82) is 0 Å². The molecule has 2 saturated heterocycles. The van der Waals surface area contributed by atoms with Crippen molar-refractivity contribution < 1.29 is 38.3 Å². The van der Waals surface area contributed by atoms with Crippen molar-refractivity contribution in [3.8, 4) is 5.75 Å². The van der Waals surface area contributed by atoms with E-state index < -0.39 is 22.8 Å². The van der Waals surface area contributed by atoms with Gasteiger partial charge in [0.1, 0.15) is 5.75 Å². The summed E-state index contributed by atoms with van der Waals surface area (Å²) in [5, 5.41) is 0. The van der Waals surface area contributed by atoms with Crippen LogP contribution in [0.3, 0.4) is 0 Å². The first-order valence-corrected chi connectivity index (χ1v) is 11.5. The van der Waals surface area contributed by atoms with E-state index in [4.69, 9.17) is 28.7 Å². The molecule has 2 aliphatic heterocycles. The van der Waals surface area contributed by atoms with Crippen molar-refractivity contribution in [2.45, 2.75) is 72.2 Å². The molecule has 0 bridgehead atoms. The lowest BCUT2D eigenvalue weighted by Crippen LogP contribution is -2.74. The third kappa shape index (κ3) is 4.54. The number of carbonyl (C=O) groups excluding carboxylic acids is 2. The summed E-state index contributed by atoms with van der Waals surface area (Å²) in [5.74, 6) is -1.31. The van der Waals surface area contributed by atoms with Gasteiger partial charge in [-0.25, -0.2) is 4.89 Å². The van der Waals surface area contributed by atoms with Gasteiger partial charge in [-0.15, -0.1) is 0 Å². The number of esters is 2. The highest BCUT2D eigenvalue weighted by Gasteiger charge is 2.82. The third-order valence-corrected chi connectivity index (χ3v) is 6.45. The molecule has 2 fully saturated rings. The highest BCUT2D eigenvalue weighted by atomic mass is 17.3. The number of rotatable bonds is 11. The highest BCUT2D eigenvalue weighted by molar-refractivity contribution is 5.69. The lowest BCUT2D eigenvalue weighted by Gasteiger charge is -2.61. The summed E-state index contributed by atoms with van der Waals surface area (Å²) in [6.45, 7) is 13.3. The molecular formula is C25H36O8. The summed E-state index contributed by atoms with van der Waals surface area (Å²) in [6.07, 6.45) is 1.87. The van der Waals surface area contributed by atoms with Gasteiger partial charge in [-0.1, -0.05) is 39.8 Å². The van der Waals surface area contributed by atoms with E-state index in [9.17, 15) is 9.59 Å². The monoisotopic (exact) mass is 464 g/mol. The molecule has 2 atom stereocenters. The highest BCUT2D eigenvalue weighted by Crippen LogP contribution is 2.69. The van der Waals surface area contributed by atoms with Crippen LogP contribution in [0.1, 0.15) is 66.4 Å². The molecule has 0 spiro atoms. The Balaban J connectivity index is 1.73. The molecule has 2 aliphatic rings. The van der Waals surface area contributed by atoms with Crippen molar-refractivity contribution in [2.24, 2.45) is 10.8 Å². The molecule has 8 nitrogen and oxygen atoms in total. The lowest BCUT2D eigenvalue weighted by molar-refractivity contribution is -0.628. The summed E-state index contributed by atoms with van der Waals surface area (Å²) in [4.78, 5) is 34.6. The van der Waals surface area contributed by atoms with Crippen LogP contribution in [0.5, 0.6) is 5.75 Å². The van der Waals surface area contributed by atoms with Gasteiger partial charge in [-0.05, 0) is 31.9 Å². The van der Waals surface area contributed by atoms with Crippen LogP contribution in [0.15, 0.2) is 24.3 Å². The second kappa shape index (κ2) is 9.70. The van der Waals surface area contributed by atoms with Crippen LogP contribution in [-0.2, 0) is 39.4 Å². The second-order valence-electron chi connectivity index (χ2n) is 9.96. The second-order valence-corrected chi connectivity index (χ2v) is 9.96. The first kappa shape index (κ1) is 25.6. The minimum atomic E-state index is -1.15. The molecule has 0 N–H and O–H groups in total. The van der Waals surface area contributed by atoms with Crippen molar-refractivity contribution in [3.63, 3.8) is 0 Å². The van der Waals surface area contributed by atoms with Gasteiger partial charge >= 0.3 is 11.9 Å². The molecule has 0 saturated carbocycles. The Morgan fingerprint density at radius 3 is 2.55 bits per heavy atom. The molecule has 3 rings (SSSR count). The van der Waals surface area contributed by atoms with E-state index in [1.54, 1.807) is 25.1 Å². The summed E-state index contributed by atoms with van der Waals surface area (Å²) < 4.78 is 22.6. The van der Waals surface area contributed by atoms with Crippen LogP contribution in [0.25, 0.3) is 0 Å². The molecule has 33 heavy (non-hydrogen) atoms. The van der Waals surface area contributed by atoms with Gasteiger partial charge < -0.3 is 18.9 Å². The molecule has 2 unspecified atom stereocenters. The molecule has 0 aromatic heterocycles. The summed E-state index contributed by atoms with van der Waals surface area (Å²) in [5.41, 5.74) is -1.00. The Bertz CT molecular complexity index is 864. The van der Waals surface area contributed by atoms with E-state index in [0.29, 0.717) is 45.0 Å². The third-order valence-electron chi connectivity index (χ3n) is 6.45. The van der Waals surface area contributed by atoms with Crippen molar-refractivity contribution in [2.75, 3.05) is 26.4 Å². The fourth-order valence-corrected chi connectivity index (χ4v) is 5.14. The fraction of sp³-hybridized carbons (Fsp3) is 0.680. The molecular weight excluding hydrogens is 428 g/mol. The smallest absolute Gasteiger partial charge is 0.308 e. The van der Waals surface area contributed by atoms with Crippen LogP contribution in [0, 0.1) is 10.8 Å². The number of ether oxygens (including phenoxy) is 4. The SMILES string of the molecule is CCOC(=O)CCCCOCC(C)(C)C12OOC1(c1cccc(OC(C)=O)c1)OCC2(C)C. The zero-order valence-electron chi connectivity index (χ0n) is 20.5. The Morgan fingerprint density at radius 2 is 1.91 bits per heavy atom. The predicted molar refractivity (Wildman–Crippen MR) is 119 cm³/mol. The number of carbonyl (C=O) groups is 2. The Morgan fingerprint density at radius 1 is 1.15 bits per heavy atom. The molecule has 0 aliphatic carbocycles. The summed E-state index contributed by atoms with van der Waals surface area (Å²) in [6, 6.07) is 7.16. The molecule has 1 aromatic rings. The van der Waals surface area contributed by atoms with Gasteiger partial charge in [0, 0.05) is 36.3 Å². The molecule has 2 heterocycles. The van der Waals surface area contributed by atoms with Crippen molar-refractivity contribution in [1.82, 2.24) is 0 Å². The zero-order chi connectivity index (χ0) is 24.3. The number of fused-ring (bicyclic) bond motifs is 1. The quantitative estimate of drug-likeness (QED) is 0.207. The number of hydrogen-bond donors (Lipinski definition) is 0. The Hall–Kier alpha value is -2.00. The fourth-order valence-electron chi connectivity index (χ4n) is 5.14. The normalized spacial score (nSPS) is 25.8. The topological polar surface area (TPSA) is 89.5 Å². The first-order valence-electron chi connectivity index (χ1n) is 11.5. The van der Waals surface area contributed by atoms with Gasteiger partial charge in [0.2, 0.25) is 0 Å². The Labute approximate surface area is 195 Å². The van der Waals surface area contributed by atoms with Gasteiger partial charge in [0.15, 0.2) is 5.60 Å². The zero-order valence-corrected chi connectivity index (χ0v) is 20.5. The van der Waals surface area contributed by atoms with Gasteiger partial charge in [-0.3, -0.25) is 9.59 Å². The van der Waals surface area contributed by atoms with Gasteiger partial charge in [0.05, 0.1) is 19.8 Å². The number of unbranched alkanes of at least 4 members (excludes halogenated alkanes) is 1. The van der Waals surface area contributed by atoms with Crippen molar-refractivity contribution >= 4 is 11.9 Å². The maximum Gasteiger partial charge on any atom is 0.308 e. The Kier molecular flexibility index (Phi) is 7.53. The van der Waals surface area contributed by atoms with E-state index in [1.807, 2.05) is 6.07 Å². The van der Waals surface area contributed by atoms with Crippen LogP contribution in [-0.4, -0.2) is 44.0 Å². The maximum atomic E-state index is 11.5. The largest absolute Gasteiger partial charge is 0.466 e. The van der Waals surface area contributed by atoms with Gasteiger partial charge in [-0.2, -0.15) is 4.89 Å². The minimum Gasteiger partial charge on any atom is -0.466 e. The minimum absolute atomic E-state index is 0.178. The average molecular weight is 465 g/mol. The van der Waals surface area contributed by atoms with Crippen molar-refractivity contribution in [3.05, 3.63) is 29.8 Å². The van der Waals surface area contributed by atoms with E-state index in [2.05, 4.69) is 27.7 Å². The van der Waals surface area contributed by atoms with Crippen LogP contribution in [0.4, 0.5) is 0 Å². The maximum absolute atomic E-state index is 11.5. The van der Waals surface area contributed by atoms with Crippen LogP contribution in [0.2, 0.25) is 0 Å². The van der Waals surface area contributed by atoms with E-state index in [1.165, 1.54) is 6.92 Å². The lowest BCUT2D eigenvalue weighted by atomic mass is 9.57. The average Bonchev–Trinajstić information content (AvgIpc) is 2.86. The van der Waals surface area contributed by atoms with E-state index >= 15 is 0 Å². The molecule has 8 heteroatoms. The molecule has 0 amide bonds. The predicted octanol–water partition coefficient (Wildman–Crippen LogP) is 4.30.